The second-order valence-corrected chi connectivity index (χ2v) is 6.56. The summed E-state index contributed by atoms with van der Waals surface area (Å²) >= 11 is 1.76. The van der Waals surface area contributed by atoms with Crippen molar-refractivity contribution in [2.75, 3.05) is 13.7 Å². The Morgan fingerprint density at radius 1 is 1.53 bits per heavy atom. The number of nitrogens with zero attached hydrogens (tertiary/aromatic N) is 1. The van der Waals surface area contributed by atoms with Crippen LogP contribution in [0, 0.1) is 5.92 Å². The van der Waals surface area contributed by atoms with Crippen molar-refractivity contribution in [3.8, 4) is 0 Å². The van der Waals surface area contributed by atoms with Crippen molar-refractivity contribution < 1.29 is 4.74 Å². The van der Waals surface area contributed by atoms with Crippen molar-refractivity contribution >= 4 is 11.3 Å². The second-order valence-electron chi connectivity index (χ2n) is 5.70. The minimum absolute atomic E-state index is 0.113. The molecule has 1 aliphatic carbocycles. The third-order valence-electron chi connectivity index (χ3n) is 4.29. The van der Waals surface area contributed by atoms with Crippen LogP contribution in [-0.2, 0) is 10.3 Å². The summed E-state index contributed by atoms with van der Waals surface area (Å²) in [7, 11) is 1.98. The van der Waals surface area contributed by atoms with Crippen molar-refractivity contribution in [3.05, 3.63) is 16.1 Å². The highest BCUT2D eigenvalue weighted by Gasteiger charge is 2.39. The maximum atomic E-state index is 6.16. The van der Waals surface area contributed by atoms with Gasteiger partial charge in [-0.25, -0.2) is 4.98 Å². The summed E-state index contributed by atoms with van der Waals surface area (Å²) in [6.07, 6.45) is 4.72. The molecular formula is C15H26N2OS. The molecular weight excluding hydrogens is 256 g/mol. The SMILES string of the molecule is CCOC1(c2nc(C(C)NC)cs2)CCC(C)CC1. The van der Waals surface area contributed by atoms with Crippen LogP contribution in [0.3, 0.4) is 0 Å². The molecule has 1 saturated carbocycles. The molecule has 1 heterocycles. The molecule has 1 aliphatic rings. The van der Waals surface area contributed by atoms with E-state index in [4.69, 9.17) is 9.72 Å². The van der Waals surface area contributed by atoms with Gasteiger partial charge in [0.2, 0.25) is 0 Å². The van der Waals surface area contributed by atoms with Gasteiger partial charge in [0.15, 0.2) is 0 Å². The van der Waals surface area contributed by atoms with Crippen molar-refractivity contribution in [1.29, 1.82) is 0 Å². The van der Waals surface area contributed by atoms with E-state index < -0.39 is 0 Å². The largest absolute Gasteiger partial charge is 0.368 e. The number of ether oxygens (including phenoxy) is 1. The van der Waals surface area contributed by atoms with E-state index >= 15 is 0 Å². The van der Waals surface area contributed by atoms with Crippen molar-refractivity contribution in [2.24, 2.45) is 5.92 Å². The molecule has 1 N–H and O–H groups in total. The molecule has 1 fully saturated rings. The molecule has 0 aliphatic heterocycles. The fourth-order valence-corrected chi connectivity index (χ4v) is 3.89. The normalized spacial score (nSPS) is 29.4. The first-order valence-corrected chi connectivity index (χ1v) is 8.26. The highest BCUT2D eigenvalue weighted by atomic mass is 32.1. The lowest BCUT2D eigenvalue weighted by atomic mass is 9.79. The van der Waals surface area contributed by atoms with Gasteiger partial charge < -0.3 is 10.1 Å². The average Bonchev–Trinajstić information content (AvgIpc) is 2.91. The number of nitrogens with one attached hydrogen (secondary N) is 1. The molecule has 0 spiro atoms. The lowest BCUT2D eigenvalue weighted by Crippen LogP contribution is -2.34. The maximum Gasteiger partial charge on any atom is 0.125 e. The number of aromatic nitrogens is 1. The van der Waals surface area contributed by atoms with Crippen LogP contribution in [0.2, 0.25) is 0 Å². The van der Waals surface area contributed by atoms with Crippen LogP contribution in [0.15, 0.2) is 5.38 Å². The molecule has 108 valence electrons. The highest BCUT2D eigenvalue weighted by molar-refractivity contribution is 7.09. The smallest absolute Gasteiger partial charge is 0.125 e. The van der Waals surface area contributed by atoms with Crippen LogP contribution in [0.4, 0.5) is 0 Å². The van der Waals surface area contributed by atoms with E-state index in [0.717, 1.165) is 31.1 Å². The van der Waals surface area contributed by atoms with Gasteiger partial charge in [-0.1, -0.05) is 6.92 Å². The molecule has 0 amide bonds. The van der Waals surface area contributed by atoms with E-state index in [9.17, 15) is 0 Å². The first kappa shape index (κ1) is 14.9. The first-order chi connectivity index (χ1) is 9.11. The standard InChI is InChI=1S/C15H26N2OS/c1-5-18-15(8-6-11(2)7-9-15)14-17-13(10-19-14)12(3)16-4/h10-12,16H,5-9H2,1-4H3. The van der Waals surface area contributed by atoms with Gasteiger partial charge in [-0.2, -0.15) is 0 Å². The fourth-order valence-electron chi connectivity index (χ4n) is 2.77. The molecule has 2 rings (SSSR count). The van der Waals surface area contributed by atoms with Gasteiger partial charge in [0.1, 0.15) is 10.6 Å². The van der Waals surface area contributed by atoms with E-state index in [1.54, 1.807) is 11.3 Å². The molecule has 1 aromatic heterocycles. The molecule has 1 atom stereocenters. The molecule has 0 saturated heterocycles. The van der Waals surface area contributed by atoms with Crippen molar-refractivity contribution in [3.63, 3.8) is 0 Å². The number of hydrogen-bond acceptors (Lipinski definition) is 4. The topological polar surface area (TPSA) is 34.1 Å². The van der Waals surface area contributed by atoms with Crippen LogP contribution >= 0.6 is 11.3 Å². The second kappa shape index (κ2) is 6.33. The molecule has 0 aromatic carbocycles. The summed E-state index contributed by atoms with van der Waals surface area (Å²) in [5.74, 6) is 0.823. The Balaban J connectivity index is 2.21. The van der Waals surface area contributed by atoms with E-state index in [-0.39, 0.29) is 5.60 Å². The van der Waals surface area contributed by atoms with E-state index in [1.165, 1.54) is 17.8 Å². The zero-order valence-electron chi connectivity index (χ0n) is 12.5. The summed E-state index contributed by atoms with van der Waals surface area (Å²) in [6.45, 7) is 7.34. The van der Waals surface area contributed by atoms with Gasteiger partial charge in [-0.15, -0.1) is 11.3 Å². The number of hydrogen-bond donors (Lipinski definition) is 1. The van der Waals surface area contributed by atoms with Crippen molar-refractivity contribution in [2.45, 2.75) is 58.1 Å². The Labute approximate surface area is 120 Å². The third kappa shape index (κ3) is 3.18. The van der Waals surface area contributed by atoms with Gasteiger partial charge in [-0.3, -0.25) is 0 Å². The third-order valence-corrected chi connectivity index (χ3v) is 5.34. The summed E-state index contributed by atoms with van der Waals surface area (Å²) in [5.41, 5.74) is 1.03. The fraction of sp³-hybridized carbons (Fsp3) is 0.800. The minimum Gasteiger partial charge on any atom is -0.368 e. The summed E-state index contributed by atoms with van der Waals surface area (Å²) in [6, 6.07) is 0.311. The monoisotopic (exact) mass is 282 g/mol. The lowest BCUT2D eigenvalue weighted by molar-refractivity contribution is -0.0777. The highest BCUT2D eigenvalue weighted by Crippen LogP contribution is 2.43. The van der Waals surface area contributed by atoms with Crippen LogP contribution in [-0.4, -0.2) is 18.6 Å². The summed E-state index contributed by atoms with van der Waals surface area (Å²) in [4.78, 5) is 4.85. The summed E-state index contributed by atoms with van der Waals surface area (Å²) in [5, 5.41) is 6.61. The van der Waals surface area contributed by atoms with Crippen LogP contribution < -0.4 is 5.32 Å². The molecule has 19 heavy (non-hydrogen) atoms. The number of thiazole rings is 1. The van der Waals surface area contributed by atoms with Crippen LogP contribution in [0.1, 0.15) is 63.2 Å². The molecule has 3 nitrogen and oxygen atoms in total. The van der Waals surface area contributed by atoms with Crippen LogP contribution in [0.5, 0.6) is 0 Å². The molecule has 0 radical (unpaired) electrons. The predicted molar refractivity (Wildman–Crippen MR) is 80.5 cm³/mol. The molecule has 1 unspecified atom stereocenters. The Kier molecular flexibility index (Phi) is 4.98. The summed E-state index contributed by atoms with van der Waals surface area (Å²) < 4.78 is 6.16. The van der Waals surface area contributed by atoms with Crippen LogP contribution in [0.25, 0.3) is 0 Å². The van der Waals surface area contributed by atoms with E-state index in [2.05, 4.69) is 31.5 Å². The predicted octanol–water partition coefficient (Wildman–Crippen LogP) is 3.87. The van der Waals surface area contributed by atoms with Gasteiger partial charge in [0.05, 0.1) is 5.69 Å². The zero-order chi connectivity index (χ0) is 13.9. The van der Waals surface area contributed by atoms with Crippen molar-refractivity contribution in [1.82, 2.24) is 10.3 Å². The van der Waals surface area contributed by atoms with E-state index in [1.807, 2.05) is 7.05 Å². The van der Waals surface area contributed by atoms with Gasteiger partial charge in [0.25, 0.3) is 0 Å². The first-order valence-electron chi connectivity index (χ1n) is 7.38. The van der Waals surface area contributed by atoms with Gasteiger partial charge in [-0.05, 0) is 52.5 Å². The van der Waals surface area contributed by atoms with E-state index in [0.29, 0.717) is 6.04 Å². The zero-order valence-corrected chi connectivity index (χ0v) is 13.3. The minimum atomic E-state index is -0.113. The maximum absolute atomic E-state index is 6.16. The molecule has 1 aromatic rings. The Morgan fingerprint density at radius 3 is 2.79 bits per heavy atom. The quantitative estimate of drug-likeness (QED) is 0.890. The Morgan fingerprint density at radius 2 is 2.21 bits per heavy atom. The Bertz CT molecular complexity index is 397. The van der Waals surface area contributed by atoms with Gasteiger partial charge in [0, 0.05) is 18.0 Å². The number of rotatable bonds is 5. The average molecular weight is 282 g/mol. The van der Waals surface area contributed by atoms with Gasteiger partial charge >= 0.3 is 0 Å². The molecule has 4 heteroatoms. The molecule has 0 bridgehead atoms. The lowest BCUT2D eigenvalue weighted by Gasteiger charge is -2.37. The Hall–Kier alpha value is -0.450.